The highest BCUT2D eigenvalue weighted by Gasteiger charge is 2.17. The summed E-state index contributed by atoms with van der Waals surface area (Å²) in [6, 6.07) is 28.5. The lowest BCUT2D eigenvalue weighted by Crippen LogP contribution is -1.98. The minimum absolute atomic E-state index is 0.0406. The summed E-state index contributed by atoms with van der Waals surface area (Å²) in [4.78, 5) is 12.6. The van der Waals surface area contributed by atoms with Crippen LogP contribution < -0.4 is 0 Å². The number of amides is 1. The summed E-state index contributed by atoms with van der Waals surface area (Å²) in [7, 11) is 0. The van der Waals surface area contributed by atoms with E-state index in [2.05, 4.69) is 20.4 Å². The summed E-state index contributed by atoms with van der Waals surface area (Å²) < 4.78 is 1.76. The molecule has 0 atom stereocenters. The first-order valence-corrected chi connectivity index (χ1v) is 10.1. The third kappa shape index (κ3) is 3.67. The molecule has 0 aliphatic rings. The van der Waals surface area contributed by atoms with Gasteiger partial charge in [-0.15, -0.1) is 10.2 Å². The number of rotatable bonds is 5. The normalized spacial score (nSPS) is 11.4. The number of para-hydroxylation sites is 1. The summed E-state index contributed by atoms with van der Waals surface area (Å²) >= 11 is 0. The largest absolute Gasteiger partial charge is 0.493 e. The molecule has 2 heterocycles. The van der Waals surface area contributed by atoms with Crippen LogP contribution in [0.4, 0.5) is 5.69 Å². The number of aromatic hydroxyl groups is 1. The van der Waals surface area contributed by atoms with Gasteiger partial charge in [-0.3, -0.25) is 9.89 Å². The first-order valence-electron chi connectivity index (χ1n) is 10.1. The Hall–Kier alpha value is -4.52. The number of nitrogens with one attached hydrogen (secondary N) is 1. The lowest BCUT2D eigenvalue weighted by molar-refractivity contribution is 0.0990. The van der Waals surface area contributed by atoms with Crippen molar-refractivity contribution >= 4 is 22.5 Å². The quantitative estimate of drug-likeness (QED) is 0.356. The van der Waals surface area contributed by atoms with Crippen LogP contribution in [0, 0.1) is 0 Å². The maximum Gasteiger partial charge on any atom is 0.313 e. The van der Waals surface area contributed by atoms with Gasteiger partial charge in [-0.05, 0) is 17.7 Å². The summed E-state index contributed by atoms with van der Waals surface area (Å²) in [6.07, 6.45) is 0. The van der Waals surface area contributed by atoms with E-state index in [9.17, 15) is 9.90 Å². The molecular weight excluding hydrogens is 402 g/mol. The maximum absolute atomic E-state index is 12.6. The smallest absolute Gasteiger partial charge is 0.313 e. The fourth-order valence-electron chi connectivity index (χ4n) is 3.63. The molecule has 0 saturated heterocycles. The Morgan fingerprint density at radius 2 is 1.62 bits per heavy atom. The molecule has 3 aromatic carbocycles. The Bertz CT molecular complexity index is 1420. The highest BCUT2D eigenvalue weighted by Crippen LogP contribution is 2.39. The van der Waals surface area contributed by atoms with E-state index in [1.807, 2.05) is 84.9 Å². The first-order chi connectivity index (χ1) is 15.7. The van der Waals surface area contributed by atoms with E-state index < -0.39 is 5.91 Å². The molecule has 156 valence electrons. The predicted molar refractivity (Wildman–Crippen MR) is 122 cm³/mol. The summed E-state index contributed by atoms with van der Waals surface area (Å²) in [5, 5.41) is 26.4. The van der Waals surface area contributed by atoms with Crippen LogP contribution in [0.1, 0.15) is 16.1 Å². The van der Waals surface area contributed by atoms with Crippen molar-refractivity contribution in [1.29, 1.82) is 0 Å². The SMILES string of the molecule is O=C(N=Nc1c(O)n(Cc2ccccc2)c2ccccc12)c1cc(-c2ccccc2)n[nH]1. The molecule has 0 radical (unpaired) electrons. The molecule has 0 saturated carbocycles. The summed E-state index contributed by atoms with van der Waals surface area (Å²) in [5.74, 6) is -0.611. The Kier molecular flexibility index (Phi) is 5.05. The van der Waals surface area contributed by atoms with Crippen molar-refractivity contribution < 1.29 is 9.90 Å². The highest BCUT2D eigenvalue weighted by molar-refractivity contribution is 5.97. The van der Waals surface area contributed by atoms with Gasteiger partial charge in [0.15, 0.2) is 5.69 Å². The molecule has 2 N–H and O–H groups in total. The Balaban J connectivity index is 1.46. The molecule has 5 aromatic rings. The maximum atomic E-state index is 12.6. The minimum Gasteiger partial charge on any atom is -0.493 e. The standard InChI is InChI=1S/C25H19N5O2/c31-24(21-15-20(26-27-21)18-11-5-2-6-12-18)29-28-23-19-13-7-8-14-22(19)30(25(23)32)16-17-9-3-1-4-10-17/h1-15,32H,16H2,(H,26,27). The van der Waals surface area contributed by atoms with E-state index in [0.717, 1.165) is 16.6 Å². The van der Waals surface area contributed by atoms with Crippen LogP contribution in [0.25, 0.3) is 22.2 Å². The van der Waals surface area contributed by atoms with Crippen LogP contribution in [-0.4, -0.2) is 25.8 Å². The molecule has 32 heavy (non-hydrogen) atoms. The van der Waals surface area contributed by atoms with Crippen LogP contribution in [0.15, 0.2) is 101 Å². The van der Waals surface area contributed by atoms with Gasteiger partial charge >= 0.3 is 5.91 Å². The minimum atomic E-state index is -0.570. The van der Waals surface area contributed by atoms with Crippen LogP contribution in [0.5, 0.6) is 5.88 Å². The molecular formula is C25H19N5O2. The Labute approximate surface area is 183 Å². The highest BCUT2D eigenvalue weighted by atomic mass is 16.3. The van der Waals surface area contributed by atoms with Gasteiger partial charge in [-0.2, -0.15) is 5.10 Å². The van der Waals surface area contributed by atoms with Crippen molar-refractivity contribution in [3.05, 3.63) is 102 Å². The molecule has 0 aliphatic carbocycles. The molecule has 1 amide bonds. The number of nitrogens with zero attached hydrogens (tertiary/aromatic N) is 4. The van der Waals surface area contributed by atoms with Crippen molar-refractivity contribution in [2.24, 2.45) is 10.2 Å². The van der Waals surface area contributed by atoms with Crippen LogP contribution in [0.3, 0.4) is 0 Å². The lowest BCUT2D eigenvalue weighted by Gasteiger charge is -2.06. The Morgan fingerprint density at radius 3 is 2.41 bits per heavy atom. The van der Waals surface area contributed by atoms with E-state index in [1.54, 1.807) is 10.6 Å². The van der Waals surface area contributed by atoms with E-state index >= 15 is 0 Å². The second-order valence-corrected chi connectivity index (χ2v) is 7.30. The zero-order chi connectivity index (χ0) is 21.9. The Morgan fingerprint density at radius 1 is 0.938 bits per heavy atom. The second-order valence-electron chi connectivity index (χ2n) is 7.30. The summed E-state index contributed by atoms with van der Waals surface area (Å²) in [6.45, 7) is 0.470. The third-order valence-corrected chi connectivity index (χ3v) is 5.22. The molecule has 7 nitrogen and oxygen atoms in total. The van der Waals surface area contributed by atoms with Crippen molar-refractivity contribution in [1.82, 2.24) is 14.8 Å². The molecule has 0 aliphatic heterocycles. The fraction of sp³-hybridized carbons (Fsp3) is 0.0400. The van der Waals surface area contributed by atoms with E-state index in [-0.39, 0.29) is 17.3 Å². The molecule has 0 spiro atoms. The second kappa shape index (κ2) is 8.31. The number of benzene rings is 3. The van der Waals surface area contributed by atoms with Gasteiger partial charge in [0.25, 0.3) is 0 Å². The van der Waals surface area contributed by atoms with Crippen LogP contribution in [0.2, 0.25) is 0 Å². The number of azo groups is 1. The molecule has 7 heteroatoms. The van der Waals surface area contributed by atoms with Crippen molar-refractivity contribution in [3.63, 3.8) is 0 Å². The molecule has 0 unspecified atom stereocenters. The predicted octanol–water partition coefficient (Wildman–Crippen LogP) is 5.71. The average Bonchev–Trinajstić information content (AvgIpc) is 3.43. The topological polar surface area (TPSA) is 95.6 Å². The lowest BCUT2D eigenvalue weighted by atomic mass is 10.1. The first kappa shape index (κ1) is 19.4. The van der Waals surface area contributed by atoms with Gasteiger partial charge in [0, 0.05) is 10.9 Å². The number of fused-ring (bicyclic) bond motifs is 1. The zero-order valence-corrected chi connectivity index (χ0v) is 17.0. The van der Waals surface area contributed by atoms with Crippen molar-refractivity contribution in [2.75, 3.05) is 0 Å². The van der Waals surface area contributed by atoms with Gasteiger partial charge in [0.2, 0.25) is 5.88 Å². The molecule has 5 rings (SSSR count). The van der Waals surface area contributed by atoms with Gasteiger partial charge < -0.3 is 9.67 Å². The van der Waals surface area contributed by atoms with Gasteiger partial charge in [-0.1, -0.05) is 78.9 Å². The van der Waals surface area contributed by atoms with Gasteiger partial charge in [0.1, 0.15) is 5.69 Å². The number of H-pyrrole nitrogens is 1. The van der Waals surface area contributed by atoms with Crippen molar-refractivity contribution in [3.8, 4) is 17.1 Å². The third-order valence-electron chi connectivity index (χ3n) is 5.22. The molecule has 2 aromatic heterocycles. The van der Waals surface area contributed by atoms with Gasteiger partial charge in [0.05, 0.1) is 17.8 Å². The number of carbonyl (C=O) groups is 1. The average molecular weight is 421 g/mol. The summed E-state index contributed by atoms with van der Waals surface area (Å²) in [5.41, 5.74) is 3.86. The number of aromatic amines is 1. The van der Waals surface area contributed by atoms with Crippen LogP contribution >= 0.6 is 0 Å². The van der Waals surface area contributed by atoms with E-state index in [0.29, 0.717) is 17.6 Å². The van der Waals surface area contributed by atoms with Gasteiger partial charge in [-0.25, -0.2) is 0 Å². The molecule has 0 bridgehead atoms. The molecule has 0 fully saturated rings. The number of hydrogen-bond donors (Lipinski definition) is 2. The van der Waals surface area contributed by atoms with Crippen molar-refractivity contribution in [2.45, 2.75) is 6.54 Å². The number of carbonyl (C=O) groups excluding carboxylic acids is 1. The fourth-order valence-corrected chi connectivity index (χ4v) is 3.63. The van der Waals surface area contributed by atoms with E-state index in [1.165, 1.54) is 0 Å². The number of hydrogen-bond acceptors (Lipinski definition) is 4. The number of aromatic nitrogens is 3. The monoisotopic (exact) mass is 421 g/mol. The van der Waals surface area contributed by atoms with E-state index in [4.69, 9.17) is 0 Å². The van der Waals surface area contributed by atoms with Crippen LogP contribution in [-0.2, 0) is 6.54 Å². The zero-order valence-electron chi connectivity index (χ0n) is 17.0.